The lowest BCUT2D eigenvalue weighted by Crippen LogP contribution is -2.14. The molecule has 0 unspecified atom stereocenters. The second kappa shape index (κ2) is 9.05. The summed E-state index contributed by atoms with van der Waals surface area (Å²) in [6.45, 7) is 5.98. The third kappa shape index (κ3) is 5.17. The zero-order chi connectivity index (χ0) is 17.4. The van der Waals surface area contributed by atoms with Crippen LogP contribution in [0.3, 0.4) is 0 Å². The molecular weight excluding hydrogens is 298 g/mol. The smallest absolute Gasteiger partial charge is 0.373 e. The number of carbonyl (C=O) groups excluding carboxylic acids is 1. The van der Waals surface area contributed by atoms with Crippen LogP contribution in [0.25, 0.3) is 6.08 Å². The summed E-state index contributed by atoms with van der Waals surface area (Å²) in [5.41, 5.74) is 7.24. The Bertz CT molecular complexity index is 541. The lowest BCUT2D eigenvalue weighted by molar-refractivity contribution is -0.143. The molecule has 128 valence electrons. The van der Waals surface area contributed by atoms with Crippen molar-refractivity contribution in [2.24, 2.45) is 5.73 Å². The molecule has 2 N–H and O–H groups in total. The zero-order valence-corrected chi connectivity index (χ0v) is 14.3. The molecule has 0 aliphatic rings. The molecule has 1 rings (SSSR count). The Hall–Kier alpha value is -2.21. The number of nitrogens with two attached hydrogens (primary N) is 1. The number of methoxy groups -OCH3 is 2. The maximum Gasteiger partial charge on any atom is 0.373 e. The van der Waals surface area contributed by atoms with Crippen molar-refractivity contribution >= 4 is 12.0 Å². The quantitative estimate of drug-likeness (QED) is 0.450. The van der Waals surface area contributed by atoms with E-state index in [-0.39, 0.29) is 25.0 Å². The summed E-state index contributed by atoms with van der Waals surface area (Å²) in [6.07, 6.45) is 1.46. The molecule has 23 heavy (non-hydrogen) atoms. The third-order valence-electron chi connectivity index (χ3n) is 2.94. The SMILES string of the molecule is CCOC(=O)/C(=C/c1cc(CN)c(OC)c(OC)c1)OC(C)C. The molecule has 1 aromatic rings. The topological polar surface area (TPSA) is 80.0 Å². The van der Waals surface area contributed by atoms with Gasteiger partial charge in [0.2, 0.25) is 5.76 Å². The second-order valence-electron chi connectivity index (χ2n) is 5.02. The second-order valence-corrected chi connectivity index (χ2v) is 5.02. The lowest BCUT2D eigenvalue weighted by Gasteiger charge is -2.15. The predicted molar refractivity (Wildman–Crippen MR) is 88.3 cm³/mol. The van der Waals surface area contributed by atoms with E-state index in [0.717, 1.165) is 5.56 Å². The predicted octanol–water partition coefficient (Wildman–Crippen LogP) is 2.49. The fourth-order valence-corrected chi connectivity index (χ4v) is 2.05. The molecule has 0 saturated heterocycles. The Morgan fingerprint density at radius 3 is 2.43 bits per heavy atom. The minimum absolute atomic E-state index is 0.136. The highest BCUT2D eigenvalue weighted by Gasteiger charge is 2.16. The first-order valence-corrected chi connectivity index (χ1v) is 7.47. The van der Waals surface area contributed by atoms with E-state index < -0.39 is 5.97 Å². The Kier molecular flexibility index (Phi) is 7.41. The van der Waals surface area contributed by atoms with Gasteiger partial charge in [0.25, 0.3) is 0 Å². The summed E-state index contributed by atoms with van der Waals surface area (Å²) in [5.74, 6) is 0.742. The zero-order valence-electron chi connectivity index (χ0n) is 14.3. The molecule has 0 atom stereocenters. The molecule has 0 fully saturated rings. The fraction of sp³-hybridized carbons (Fsp3) is 0.471. The maximum absolute atomic E-state index is 12.0. The fourth-order valence-electron chi connectivity index (χ4n) is 2.05. The van der Waals surface area contributed by atoms with Crippen LogP contribution in [0.2, 0.25) is 0 Å². The van der Waals surface area contributed by atoms with Crippen molar-refractivity contribution in [2.45, 2.75) is 33.4 Å². The van der Waals surface area contributed by atoms with Crippen LogP contribution in [0.15, 0.2) is 17.9 Å². The van der Waals surface area contributed by atoms with Gasteiger partial charge >= 0.3 is 5.97 Å². The normalized spacial score (nSPS) is 11.3. The van der Waals surface area contributed by atoms with Gasteiger partial charge < -0.3 is 24.7 Å². The Balaban J connectivity index is 3.31. The maximum atomic E-state index is 12.0. The largest absolute Gasteiger partial charge is 0.493 e. The van der Waals surface area contributed by atoms with Crippen LogP contribution in [0, 0.1) is 0 Å². The number of rotatable bonds is 8. The van der Waals surface area contributed by atoms with Gasteiger partial charge in [0.05, 0.1) is 26.9 Å². The summed E-state index contributed by atoms with van der Waals surface area (Å²) in [4.78, 5) is 12.0. The van der Waals surface area contributed by atoms with Gasteiger partial charge in [-0.15, -0.1) is 0 Å². The van der Waals surface area contributed by atoms with Gasteiger partial charge in [0, 0.05) is 12.1 Å². The number of hydrogen-bond donors (Lipinski definition) is 1. The molecule has 0 aliphatic heterocycles. The highest BCUT2D eigenvalue weighted by atomic mass is 16.6. The molecule has 1 aromatic carbocycles. The highest BCUT2D eigenvalue weighted by Crippen LogP contribution is 2.33. The average molecular weight is 323 g/mol. The standard InChI is InChI=1S/C17H25NO5/c1-6-22-17(19)15(23-11(2)3)9-12-7-13(10-18)16(21-5)14(8-12)20-4/h7-9,11H,6,10,18H2,1-5H3/b15-9-. The van der Waals surface area contributed by atoms with Gasteiger partial charge in [-0.05, 0) is 44.5 Å². The lowest BCUT2D eigenvalue weighted by atomic mass is 10.1. The Morgan fingerprint density at radius 2 is 1.96 bits per heavy atom. The summed E-state index contributed by atoms with van der Waals surface area (Å²) in [5, 5.41) is 0. The van der Waals surface area contributed by atoms with Crippen LogP contribution < -0.4 is 15.2 Å². The summed E-state index contributed by atoms with van der Waals surface area (Å²) in [6, 6.07) is 3.57. The number of ether oxygens (including phenoxy) is 4. The van der Waals surface area contributed by atoms with E-state index >= 15 is 0 Å². The Morgan fingerprint density at radius 1 is 1.26 bits per heavy atom. The molecule has 6 heteroatoms. The Labute approximate surface area is 137 Å². The number of benzene rings is 1. The monoisotopic (exact) mass is 323 g/mol. The summed E-state index contributed by atoms with van der Waals surface area (Å²) in [7, 11) is 3.10. The van der Waals surface area contributed by atoms with Crippen LogP contribution in [0.5, 0.6) is 11.5 Å². The van der Waals surface area contributed by atoms with E-state index in [0.29, 0.717) is 17.1 Å². The first-order valence-electron chi connectivity index (χ1n) is 7.47. The van der Waals surface area contributed by atoms with E-state index in [1.54, 1.807) is 33.3 Å². The molecular formula is C17H25NO5. The van der Waals surface area contributed by atoms with Gasteiger partial charge in [-0.3, -0.25) is 0 Å². The van der Waals surface area contributed by atoms with Crippen LogP contribution in [-0.4, -0.2) is 32.9 Å². The van der Waals surface area contributed by atoms with Crippen molar-refractivity contribution in [2.75, 3.05) is 20.8 Å². The highest BCUT2D eigenvalue weighted by molar-refractivity contribution is 5.91. The van der Waals surface area contributed by atoms with Crippen LogP contribution >= 0.6 is 0 Å². The molecule has 0 amide bonds. The van der Waals surface area contributed by atoms with Crippen molar-refractivity contribution in [1.29, 1.82) is 0 Å². The van der Waals surface area contributed by atoms with Crippen molar-refractivity contribution in [3.63, 3.8) is 0 Å². The van der Waals surface area contributed by atoms with Crippen LogP contribution in [-0.2, 0) is 20.8 Å². The van der Waals surface area contributed by atoms with Gasteiger partial charge in [0.15, 0.2) is 11.5 Å². The minimum atomic E-state index is -0.509. The molecule has 0 heterocycles. The molecule has 0 bridgehead atoms. The van der Waals surface area contributed by atoms with E-state index in [9.17, 15) is 4.79 Å². The molecule has 0 aromatic heterocycles. The molecule has 0 spiro atoms. The molecule has 0 saturated carbocycles. The molecule has 6 nitrogen and oxygen atoms in total. The van der Waals surface area contributed by atoms with Crippen molar-refractivity contribution < 1.29 is 23.7 Å². The van der Waals surface area contributed by atoms with Crippen molar-refractivity contribution in [3.8, 4) is 11.5 Å². The van der Waals surface area contributed by atoms with E-state index in [2.05, 4.69) is 0 Å². The molecule has 0 radical (unpaired) electrons. The van der Waals surface area contributed by atoms with E-state index in [1.165, 1.54) is 0 Å². The van der Waals surface area contributed by atoms with Crippen LogP contribution in [0.4, 0.5) is 0 Å². The van der Waals surface area contributed by atoms with Gasteiger partial charge in [0.1, 0.15) is 0 Å². The van der Waals surface area contributed by atoms with E-state index in [4.69, 9.17) is 24.7 Å². The summed E-state index contributed by atoms with van der Waals surface area (Å²) >= 11 is 0. The van der Waals surface area contributed by atoms with Gasteiger partial charge in [-0.25, -0.2) is 4.79 Å². The number of esters is 1. The van der Waals surface area contributed by atoms with E-state index in [1.807, 2.05) is 19.9 Å². The average Bonchev–Trinajstić information content (AvgIpc) is 2.52. The van der Waals surface area contributed by atoms with Crippen molar-refractivity contribution in [1.82, 2.24) is 0 Å². The number of carbonyl (C=O) groups is 1. The number of hydrogen-bond acceptors (Lipinski definition) is 6. The molecule has 0 aliphatic carbocycles. The van der Waals surface area contributed by atoms with Gasteiger partial charge in [-0.2, -0.15) is 0 Å². The first kappa shape index (κ1) is 18.8. The summed E-state index contributed by atoms with van der Waals surface area (Å²) < 4.78 is 21.2. The minimum Gasteiger partial charge on any atom is -0.493 e. The third-order valence-corrected chi connectivity index (χ3v) is 2.94. The van der Waals surface area contributed by atoms with Gasteiger partial charge in [-0.1, -0.05) is 0 Å². The van der Waals surface area contributed by atoms with Crippen molar-refractivity contribution in [3.05, 3.63) is 29.0 Å². The first-order chi connectivity index (χ1) is 11.0. The van der Waals surface area contributed by atoms with Crippen LogP contribution in [0.1, 0.15) is 31.9 Å².